The second kappa shape index (κ2) is 3.01. The molecule has 0 saturated carbocycles. The Kier molecular flexibility index (Phi) is 1.18. The highest BCUT2D eigenvalue weighted by atomic mass is 16.5. The van der Waals surface area contributed by atoms with Gasteiger partial charge in [0.25, 0.3) is 5.91 Å². The quantitative estimate of drug-likeness (QED) is 0.663. The van der Waals surface area contributed by atoms with Crippen molar-refractivity contribution in [1.29, 1.82) is 0 Å². The normalized spacial score (nSPS) is 14.4. The maximum atomic E-state index is 10.6. The van der Waals surface area contributed by atoms with Gasteiger partial charge in [-0.15, -0.1) is 0 Å². The largest absolute Gasteiger partial charge is 0.495 e. The Bertz CT molecular complexity index is 334. The summed E-state index contributed by atoms with van der Waals surface area (Å²) in [6.07, 6.45) is 1.13. The van der Waals surface area contributed by atoms with Gasteiger partial charge in [-0.05, 0) is 12.1 Å². The maximum Gasteiger partial charge on any atom is 0.267 e. The monoisotopic (exact) mass is 155 g/mol. The lowest BCUT2D eigenvalue weighted by atomic mass is 10.3. The molecule has 1 amide bonds. The van der Waals surface area contributed by atoms with Gasteiger partial charge in [-0.3, -0.25) is 4.79 Å². The number of hydrogen-bond acceptors (Lipinski definition) is 3. The first kappa shape index (κ1) is 4.33. The Balaban J connectivity index is 2.79. The van der Waals surface area contributed by atoms with Crippen molar-refractivity contribution in [3.05, 3.63) is 24.0 Å². The van der Waals surface area contributed by atoms with Gasteiger partial charge in [-0.25, -0.2) is 4.98 Å². The van der Waals surface area contributed by atoms with Crippen LogP contribution in [-0.4, -0.2) is 17.9 Å². The summed E-state index contributed by atoms with van der Waals surface area (Å²) >= 11 is 0. The lowest BCUT2D eigenvalue weighted by Crippen LogP contribution is -2.12. The van der Waals surface area contributed by atoms with E-state index in [-0.39, 0.29) is 11.4 Å². The van der Waals surface area contributed by atoms with E-state index >= 15 is 0 Å². The number of pyridine rings is 1. The van der Waals surface area contributed by atoms with Crippen molar-refractivity contribution in [2.75, 3.05) is 7.04 Å². The zero-order chi connectivity index (χ0) is 10.8. The average molecular weight is 155 g/mol. The smallest absolute Gasteiger partial charge is 0.267 e. The fourth-order valence-electron chi connectivity index (χ4n) is 0.586. The first-order valence-electron chi connectivity index (χ1n) is 4.33. The first-order chi connectivity index (χ1) is 6.38. The highest BCUT2D eigenvalue weighted by Crippen LogP contribution is 2.06. The molecule has 0 radical (unpaired) electrons. The van der Waals surface area contributed by atoms with E-state index in [0.29, 0.717) is 0 Å². The van der Waals surface area contributed by atoms with Crippen LogP contribution in [0.25, 0.3) is 0 Å². The third-order valence-electron chi connectivity index (χ3n) is 1.11. The van der Waals surface area contributed by atoms with Crippen LogP contribution in [0.4, 0.5) is 0 Å². The number of carbonyl (C=O) groups is 1. The van der Waals surface area contributed by atoms with Crippen LogP contribution in [-0.2, 0) is 0 Å². The van der Waals surface area contributed by atoms with E-state index in [4.69, 9.17) is 9.85 Å². The number of nitrogens with two attached hydrogens (primary N) is 1. The first-order valence-corrected chi connectivity index (χ1v) is 2.83. The minimum Gasteiger partial charge on any atom is -0.495 e. The lowest BCUT2D eigenvalue weighted by Gasteiger charge is -1.97. The number of nitrogens with zero attached hydrogens (tertiary/aromatic N) is 1. The third kappa shape index (κ3) is 1.67. The molecule has 0 aromatic carbocycles. The van der Waals surface area contributed by atoms with Crippen LogP contribution in [0.15, 0.2) is 18.3 Å². The van der Waals surface area contributed by atoms with E-state index in [0.717, 1.165) is 6.20 Å². The van der Waals surface area contributed by atoms with Crippen LogP contribution in [0.3, 0.4) is 0 Å². The number of carbonyl (C=O) groups excluding carboxylic acids is 1. The van der Waals surface area contributed by atoms with Gasteiger partial charge in [0.05, 0.1) is 17.3 Å². The van der Waals surface area contributed by atoms with Crippen molar-refractivity contribution < 1.29 is 13.6 Å². The van der Waals surface area contributed by atoms with Gasteiger partial charge in [0.1, 0.15) is 11.4 Å². The molecule has 0 aliphatic rings. The maximum absolute atomic E-state index is 10.6. The Labute approximate surface area is 68.2 Å². The summed E-state index contributed by atoms with van der Waals surface area (Å²) in [4.78, 5) is 14.2. The SMILES string of the molecule is [2H]C([2H])([2H])Oc1ccc(C(N)=O)nc1. The molecule has 1 aromatic rings. The zero-order valence-electron chi connectivity index (χ0n) is 8.57. The molecule has 0 saturated heterocycles. The molecule has 11 heavy (non-hydrogen) atoms. The van der Waals surface area contributed by atoms with Gasteiger partial charge in [0, 0.05) is 0 Å². The summed E-state index contributed by atoms with van der Waals surface area (Å²) in [6.45, 7) is 0. The minimum absolute atomic E-state index is 0.0582. The van der Waals surface area contributed by atoms with Crippen LogP contribution in [0.2, 0.25) is 0 Å². The summed E-state index contributed by atoms with van der Waals surface area (Å²) in [7, 11) is -2.52. The summed E-state index contributed by atoms with van der Waals surface area (Å²) in [6, 6.07) is 2.61. The predicted molar refractivity (Wildman–Crippen MR) is 39.3 cm³/mol. The second-order valence-corrected chi connectivity index (χ2v) is 1.85. The van der Waals surface area contributed by atoms with Crippen LogP contribution < -0.4 is 10.5 Å². The van der Waals surface area contributed by atoms with Gasteiger partial charge >= 0.3 is 0 Å². The molecular weight excluding hydrogens is 144 g/mol. The Morgan fingerprint density at radius 2 is 2.64 bits per heavy atom. The van der Waals surface area contributed by atoms with Gasteiger partial charge in [0.2, 0.25) is 0 Å². The van der Waals surface area contributed by atoms with E-state index < -0.39 is 12.9 Å². The van der Waals surface area contributed by atoms with Crippen molar-refractivity contribution in [3.8, 4) is 5.75 Å². The molecule has 0 aliphatic carbocycles. The number of methoxy groups -OCH3 is 1. The second-order valence-electron chi connectivity index (χ2n) is 1.85. The molecular formula is C7H8N2O2. The highest BCUT2D eigenvalue weighted by molar-refractivity contribution is 5.90. The molecule has 1 heterocycles. The number of rotatable bonds is 2. The molecule has 0 unspecified atom stereocenters. The Morgan fingerprint density at radius 3 is 3.09 bits per heavy atom. The van der Waals surface area contributed by atoms with E-state index in [1.165, 1.54) is 12.1 Å². The lowest BCUT2D eigenvalue weighted by molar-refractivity contribution is 0.0995. The minimum atomic E-state index is -2.52. The topological polar surface area (TPSA) is 65.2 Å². The summed E-state index contributed by atoms with van der Waals surface area (Å²) in [5, 5.41) is 0. The molecule has 4 nitrogen and oxygen atoms in total. The van der Waals surface area contributed by atoms with E-state index in [9.17, 15) is 4.79 Å². The molecule has 2 N–H and O–H groups in total. The summed E-state index contributed by atoms with van der Waals surface area (Å²) < 4.78 is 24.9. The van der Waals surface area contributed by atoms with Crippen molar-refractivity contribution in [2.24, 2.45) is 5.73 Å². The van der Waals surface area contributed by atoms with Gasteiger partial charge in [0.15, 0.2) is 0 Å². The van der Waals surface area contributed by atoms with Crippen molar-refractivity contribution in [2.45, 2.75) is 0 Å². The number of primary amides is 1. The highest BCUT2D eigenvalue weighted by Gasteiger charge is 1.99. The molecule has 0 aliphatic heterocycles. The summed E-state index contributed by atoms with van der Waals surface area (Å²) in [5.41, 5.74) is 5.00. The van der Waals surface area contributed by atoms with Gasteiger partial charge < -0.3 is 10.5 Å². The van der Waals surface area contributed by atoms with Crippen molar-refractivity contribution >= 4 is 5.91 Å². The average Bonchev–Trinajstić information content (AvgIpc) is 2.02. The molecule has 0 bridgehead atoms. The van der Waals surface area contributed by atoms with E-state index in [2.05, 4.69) is 9.72 Å². The molecule has 1 rings (SSSR count). The Morgan fingerprint density at radius 1 is 1.82 bits per heavy atom. The number of amides is 1. The number of ether oxygens (including phenoxy) is 1. The van der Waals surface area contributed by atoms with E-state index in [1.54, 1.807) is 0 Å². The molecule has 0 atom stereocenters. The van der Waals surface area contributed by atoms with Crippen molar-refractivity contribution in [1.82, 2.24) is 4.98 Å². The van der Waals surface area contributed by atoms with Crippen LogP contribution in [0.1, 0.15) is 14.6 Å². The summed E-state index contributed by atoms with van der Waals surface area (Å²) in [5.74, 6) is -0.611. The number of aromatic nitrogens is 1. The fraction of sp³-hybridized carbons (Fsp3) is 0.143. The molecule has 0 fully saturated rings. The fourth-order valence-corrected chi connectivity index (χ4v) is 0.586. The molecule has 4 heteroatoms. The van der Waals surface area contributed by atoms with Gasteiger partial charge in [-0.2, -0.15) is 0 Å². The van der Waals surface area contributed by atoms with Gasteiger partial charge in [-0.1, -0.05) is 0 Å². The Hall–Kier alpha value is -1.58. The van der Waals surface area contributed by atoms with Crippen molar-refractivity contribution in [3.63, 3.8) is 0 Å². The third-order valence-corrected chi connectivity index (χ3v) is 1.11. The van der Waals surface area contributed by atoms with Crippen LogP contribution in [0.5, 0.6) is 5.75 Å². The molecule has 0 spiro atoms. The van der Waals surface area contributed by atoms with Crippen LogP contribution in [0, 0.1) is 0 Å². The molecule has 58 valence electrons. The standard InChI is InChI=1S/C7H8N2O2/c1-11-5-2-3-6(7(8)10)9-4-5/h2-4H,1H3,(H2,8,10)/i1D3. The molecule has 1 aromatic heterocycles. The zero-order valence-corrected chi connectivity index (χ0v) is 5.57. The number of hydrogen-bond donors (Lipinski definition) is 1. The van der Waals surface area contributed by atoms with E-state index in [1.807, 2.05) is 0 Å². The predicted octanol–water partition coefficient (Wildman–Crippen LogP) is 0.189. The van der Waals surface area contributed by atoms with Crippen LogP contribution >= 0.6 is 0 Å².